The van der Waals surface area contributed by atoms with Gasteiger partial charge in [-0.2, -0.15) is 0 Å². The summed E-state index contributed by atoms with van der Waals surface area (Å²) in [5.74, 6) is 1.86. The minimum absolute atomic E-state index is 0.0412. The van der Waals surface area contributed by atoms with Crippen LogP contribution in [0.3, 0.4) is 0 Å². The van der Waals surface area contributed by atoms with Crippen molar-refractivity contribution in [1.29, 1.82) is 0 Å². The molecule has 0 aliphatic carbocycles. The first kappa shape index (κ1) is 21.9. The molecule has 0 aliphatic heterocycles. The van der Waals surface area contributed by atoms with E-state index in [9.17, 15) is 4.79 Å². The third kappa shape index (κ3) is 5.62. The van der Waals surface area contributed by atoms with Gasteiger partial charge in [0.2, 0.25) is 5.91 Å². The SMILES string of the molecule is CCC(=O)NCc1nc2ccccc2n1CCCCOc1ccc(C(C)(C)C)cc1. The Morgan fingerprint density at radius 2 is 1.80 bits per heavy atom. The van der Waals surface area contributed by atoms with Gasteiger partial charge in [0.25, 0.3) is 0 Å². The van der Waals surface area contributed by atoms with Gasteiger partial charge in [0.05, 0.1) is 24.2 Å². The third-order valence-electron chi connectivity index (χ3n) is 5.26. The third-order valence-corrected chi connectivity index (χ3v) is 5.26. The zero-order chi connectivity index (χ0) is 21.6. The van der Waals surface area contributed by atoms with Gasteiger partial charge in [0, 0.05) is 13.0 Å². The number of hydrogen-bond donors (Lipinski definition) is 1. The molecule has 3 aromatic rings. The number of carbonyl (C=O) groups excluding carboxylic acids is 1. The molecule has 5 nitrogen and oxygen atoms in total. The van der Waals surface area contributed by atoms with Crippen LogP contribution in [0.2, 0.25) is 0 Å². The van der Waals surface area contributed by atoms with Crippen LogP contribution in [0.1, 0.15) is 58.3 Å². The number of fused-ring (bicyclic) bond motifs is 1. The Kier molecular flexibility index (Phi) is 7.14. The number of amides is 1. The van der Waals surface area contributed by atoms with Gasteiger partial charge >= 0.3 is 0 Å². The zero-order valence-electron chi connectivity index (χ0n) is 18.6. The van der Waals surface area contributed by atoms with Crippen molar-refractivity contribution >= 4 is 16.9 Å². The minimum atomic E-state index is 0.0412. The van der Waals surface area contributed by atoms with Gasteiger partial charge in [-0.15, -0.1) is 0 Å². The monoisotopic (exact) mass is 407 g/mol. The number of hydrogen-bond acceptors (Lipinski definition) is 3. The summed E-state index contributed by atoms with van der Waals surface area (Å²) in [6.45, 7) is 10.5. The van der Waals surface area contributed by atoms with Crippen molar-refractivity contribution in [3.05, 3.63) is 59.9 Å². The van der Waals surface area contributed by atoms with Crippen LogP contribution in [0.5, 0.6) is 5.75 Å². The van der Waals surface area contributed by atoms with Gasteiger partial charge in [-0.25, -0.2) is 4.98 Å². The molecule has 0 saturated heterocycles. The number of ether oxygens (including phenoxy) is 1. The van der Waals surface area contributed by atoms with Crippen LogP contribution in [-0.2, 0) is 23.3 Å². The first-order chi connectivity index (χ1) is 14.4. The fourth-order valence-electron chi connectivity index (χ4n) is 3.43. The van der Waals surface area contributed by atoms with Crippen molar-refractivity contribution in [3.8, 4) is 5.75 Å². The highest BCUT2D eigenvalue weighted by atomic mass is 16.5. The van der Waals surface area contributed by atoms with E-state index in [1.165, 1.54) is 5.56 Å². The molecule has 0 bridgehead atoms. The van der Waals surface area contributed by atoms with Crippen molar-refractivity contribution in [2.45, 2.75) is 65.5 Å². The van der Waals surface area contributed by atoms with E-state index in [0.29, 0.717) is 19.6 Å². The predicted octanol–water partition coefficient (Wildman–Crippen LogP) is 5.22. The van der Waals surface area contributed by atoms with Crippen molar-refractivity contribution in [3.63, 3.8) is 0 Å². The maximum absolute atomic E-state index is 11.7. The molecule has 30 heavy (non-hydrogen) atoms. The molecule has 3 rings (SSSR count). The molecule has 0 unspecified atom stereocenters. The van der Waals surface area contributed by atoms with Gasteiger partial charge < -0.3 is 14.6 Å². The van der Waals surface area contributed by atoms with Crippen molar-refractivity contribution in [2.24, 2.45) is 0 Å². The molecule has 1 N–H and O–H groups in total. The molecular weight excluding hydrogens is 374 g/mol. The Morgan fingerprint density at radius 3 is 2.50 bits per heavy atom. The summed E-state index contributed by atoms with van der Waals surface area (Å²) in [5.41, 5.74) is 3.54. The Bertz CT molecular complexity index is 968. The molecule has 0 atom stereocenters. The quantitative estimate of drug-likeness (QED) is 0.495. The number of rotatable bonds is 9. The molecule has 0 aliphatic rings. The molecule has 0 spiro atoms. The number of para-hydroxylation sites is 2. The van der Waals surface area contributed by atoms with Crippen LogP contribution in [-0.4, -0.2) is 22.1 Å². The van der Waals surface area contributed by atoms with E-state index in [1.54, 1.807) is 0 Å². The maximum atomic E-state index is 11.7. The summed E-state index contributed by atoms with van der Waals surface area (Å²) in [7, 11) is 0. The topological polar surface area (TPSA) is 56.2 Å². The Balaban J connectivity index is 1.54. The first-order valence-corrected chi connectivity index (χ1v) is 10.8. The number of aromatic nitrogens is 2. The summed E-state index contributed by atoms with van der Waals surface area (Å²) >= 11 is 0. The number of imidazole rings is 1. The molecule has 0 fully saturated rings. The van der Waals surface area contributed by atoms with Crippen LogP contribution < -0.4 is 10.1 Å². The van der Waals surface area contributed by atoms with Gasteiger partial charge in [0.1, 0.15) is 11.6 Å². The van der Waals surface area contributed by atoms with Crippen LogP contribution >= 0.6 is 0 Å². The van der Waals surface area contributed by atoms with E-state index < -0.39 is 0 Å². The Morgan fingerprint density at radius 1 is 1.07 bits per heavy atom. The highest BCUT2D eigenvalue weighted by molar-refractivity contribution is 5.77. The number of nitrogens with one attached hydrogen (secondary N) is 1. The fraction of sp³-hybridized carbons (Fsp3) is 0.440. The highest BCUT2D eigenvalue weighted by Crippen LogP contribution is 2.24. The molecule has 1 aromatic heterocycles. The first-order valence-electron chi connectivity index (χ1n) is 10.8. The Labute approximate surface area is 179 Å². The van der Waals surface area contributed by atoms with Crippen LogP contribution in [0, 0.1) is 0 Å². The van der Waals surface area contributed by atoms with E-state index in [2.05, 4.69) is 61.0 Å². The fourth-order valence-corrected chi connectivity index (χ4v) is 3.43. The number of benzene rings is 2. The molecule has 1 heterocycles. The average molecular weight is 408 g/mol. The summed E-state index contributed by atoms with van der Waals surface area (Å²) < 4.78 is 8.13. The number of nitrogens with zero attached hydrogens (tertiary/aromatic N) is 2. The predicted molar refractivity (Wildman–Crippen MR) is 122 cm³/mol. The van der Waals surface area contributed by atoms with E-state index >= 15 is 0 Å². The van der Waals surface area contributed by atoms with Crippen molar-refractivity contribution in [2.75, 3.05) is 6.61 Å². The largest absolute Gasteiger partial charge is 0.494 e. The number of carbonyl (C=O) groups is 1. The van der Waals surface area contributed by atoms with Crippen LogP contribution in [0.25, 0.3) is 11.0 Å². The molecular formula is C25H33N3O2. The summed E-state index contributed by atoms with van der Waals surface area (Å²) in [6.07, 6.45) is 2.41. The second-order valence-electron chi connectivity index (χ2n) is 8.63. The average Bonchev–Trinajstić information content (AvgIpc) is 3.09. The summed E-state index contributed by atoms with van der Waals surface area (Å²) in [5, 5.41) is 2.94. The lowest BCUT2D eigenvalue weighted by atomic mass is 9.87. The standard InChI is InChI=1S/C25H33N3O2/c1-5-24(29)26-18-23-27-21-10-6-7-11-22(21)28(23)16-8-9-17-30-20-14-12-19(13-15-20)25(2,3)4/h6-7,10-15H,5,8-9,16-18H2,1-4H3,(H,26,29). The highest BCUT2D eigenvalue weighted by Gasteiger charge is 2.13. The van der Waals surface area contributed by atoms with E-state index in [1.807, 2.05) is 25.1 Å². The lowest BCUT2D eigenvalue weighted by Crippen LogP contribution is -2.23. The smallest absolute Gasteiger partial charge is 0.220 e. The zero-order valence-corrected chi connectivity index (χ0v) is 18.6. The maximum Gasteiger partial charge on any atom is 0.220 e. The second-order valence-corrected chi connectivity index (χ2v) is 8.63. The summed E-state index contributed by atoms with van der Waals surface area (Å²) in [6, 6.07) is 16.5. The minimum Gasteiger partial charge on any atom is -0.494 e. The molecule has 160 valence electrons. The number of aryl methyl sites for hydroxylation is 1. The van der Waals surface area contributed by atoms with Gasteiger partial charge in [-0.1, -0.05) is 52.0 Å². The van der Waals surface area contributed by atoms with E-state index in [0.717, 1.165) is 42.0 Å². The number of unbranched alkanes of at least 4 members (excludes halogenated alkanes) is 1. The van der Waals surface area contributed by atoms with Crippen molar-refractivity contribution < 1.29 is 9.53 Å². The van der Waals surface area contributed by atoms with E-state index in [-0.39, 0.29) is 11.3 Å². The molecule has 1 amide bonds. The molecule has 0 saturated carbocycles. The lowest BCUT2D eigenvalue weighted by Gasteiger charge is -2.19. The normalized spacial score (nSPS) is 11.6. The molecule has 5 heteroatoms. The molecule has 0 radical (unpaired) electrons. The Hall–Kier alpha value is -2.82. The lowest BCUT2D eigenvalue weighted by molar-refractivity contribution is -0.120. The van der Waals surface area contributed by atoms with Gasteiger partial charge in [-0.3, -0.25) is 4.79 Å². The summed E-state index contributed by atoms with van der Waals surface area (Å²) in [4.78, 5) is 16.4. The van der Waals surface area contributed by atoms with Crippen LogP contribution in [0.4, 0.5) is 0 Å². The van der Waals surface area contributed by atoms with Gasteiger partial charge in [-0.05, 0) is 48.1 Å². The molecule has 2 aromatic carbocycles. The van der Waals surface area contributed by atoms with Crippen LogP contribution in [0.15, 0.2) is 48.5 Å². The van der Waals surface area contributed by atoms with E-state index in [4.69, 9.17) is 9.72 Å². The second kappa shape index (κ2) is 9.79. The van der Waals surface area contributed by atoms with Crippen molar-refractivity contribution in [1.82, 2.24) is 14.9 Å². The van der Waals surface area contributed by atoms with Gasteiger partial charge in [0.15, 0.2) is 0 Å².